The van der Waals surface area contributed by atoms with Gasteiger partial charge in [0.2, 0.25) is 10.0 Å². The van der Waals surface area contributed by atoms with Crippen LogP contribution in [0.15, 0.2) is 0 Å². The molecule has 1 N–H and O–H groups in total. The van der Waals surface area contributed by atoms with Gasteiger partial charge in [0, 0.05) is 12.6 Å². The average Bonchev–Trinajstić information content (AvgIpc) is 2.52. The quantitative estimate of drug-likeness (QED) is 0.778. The number of nitrogens with one attached hydrogen (secondary N) is 1. The van der Waals surface area contributed by atoms with E-state index in [2.05, 4.69) is 12.2 Å². The van der Waals surface area contributed by atoms with E-state index < -0.39 is 10.0 Å². The molecule has 2 saturated heterocycles. The number of hydrogen-bond acceptors (Lipinski definition) is 3. The summed E-state index contributed by atoms with van der Waals surface area (Å²) < 4.78 is 25.7. The van der Waals surface area contributed by atoms with Gasteiger partial charge in [0.25, 0.3) is 0 Å². The second-order valence-corrected chi connectivity index (χ2v) is 7.27. The molecule has 0 bridgehead atoms. The van der Waals surface area contributed by atoms with Crippen LogP contribution in [0, 0.1) is 11.8 Å². The minimum Gasteiger partial charge on any atom is -0.316 e. The van der Waals surface area contributed by atoms with Crippen LogP contribution < -0.4 is 5.32 Å². The summed E-state index contributed by atoms with van der Waals surface area (Å²) >= 11 is 0. The highest BCUT2D eigenvalue weighted by molar-refractivity contribution is 7.89. The monoisotopic (exact) mass is 246 g/mol. The zero-order valence-electron chi connectivity index (χ0n) is 10.1. The molecule has 0 aliphatic carbocycles. The zero-order valence-corrected chi connectivity index (χ0v) is 11.0. The van der Waals surface area contributed by atoms with Crippen LogP contribution in [0.2, 0.25) is 0 Å². The summed E-state index contributed by atoms with van der Waals surface area (Å²) in [4.78, 5) is 0. The van der Waals surface area contributed by atoms with E-state index in [1.807, 2.05) is 6.92 Å². The predicted molar refractivity (Wildman–Crippen MR) is 64.7 cm³/mol. The Morgan fingerprint density at radius 3 is 2.69 bits per heavy atom. The van der Waals surface area contributed by atoms with E-state index in [-0.39, 0.29) is 12.0 Å². The van der Waals surface area contributed by atoms with E-state index in [4.69, 9.17) is 0 Å². The van der Waals surface area contributed by atoms with Crippen molar-refractivity contribution in [3.8, 4) is 0 Å². The van der Waals surface area contributed by atoms with Crippen LogP contribution in [0.5, 0.6) is 0 Å². The van der Waals surface area contributed by atoms with Crippen LogP contribution in [0.3, 0.4) is 0 Å². The van der Waals surface area contributed by atoms with E-state index >= 15 is 0 Å². The molecular weight excluding hydrogens is 224 g/mol. The van der Waals surface area contributed by atoms with Gasteiger partial charge in [-0.25, -0.2) is 8.42 Å². The standard InChI is InChI=1S/C11H22N2O2S/c1-9-7-13(16(14,15)8-9)10(2)11-4-3-5-12-6-11/h9-12H,3-8H2,1-2H3. The third kappa shape index (κ3) is 2.41. The maximum atomic E-state index is 12.0. The fraction of sp³-hybridized carbons (Fsp3) is 1.00. The van der Waals surface area contributed by atoms with Crippen molar-refractivity contribution in [3.63, 3.8) is 0 Å². The summed E-state index contributed by atoms with van der Waals surface area (Å²) in [5.74, 6) is 1.09. The molecule has 16 heavy (non-hydrogen) atoms. The minimum absolute atomic E-state index is 0.155. The Balaban J connectivity index is 2.06. The number of rotatable bonds is 2. The highest BCUT2D eigenvalue weighted by Gasteiger charge is 2.39. The molecule has 2 fully saturated rings. The van der Waals surface area contributed by atoms with E-state index in [1.165, 1.54) is 6.42 Å². The third-order valence-corrected chi connectivity index (χ3v) is 6.00. The fourth-order valence-electron chi connectivity index (χ4n) is 2.87. The highest BCUT2D eigenvalue weighted by Crippen LogP contribution is 2.27. The van der Waals surface area contributed by atoms with E-state index in [9.17, 15) is 8.42 Å². The van der Waals surface area contributed by atoms with Crippen molar-refractivity contribution in [3.05, 3.63) is 0 Å². The molecule has 3 unspecified atom stereocenters. The van der Waals surface area contributed by atoms with Gasteiger partial charge in [-0.2, -0.15) is 4.31 Å². The maximum absolute atomic E-state index is 12.0. The summed E-state index contributed by atoms with van der Waals surface area (Å²) in [5, 5.41) is 3.36. The van der Waals surface area contributed by atoms with Crippen LogP contribution in [0.25, 0.3) is 0 Å². The average molecular weight is 246 g/mol. The van der Waals surface area contributed by atoms with E-state index in [0.717, 1.165) is 19.5 Å². The van der Waals surface area contributed by atoms with Gasteiger partial charge < -0.3 is 5.32 Å². The Bertz CT molecular complexity index is 336. The van der Waals surface area contributed by atoms with Crippen molar-refractivity contribution in [1.82, 2.24) is 9.62 Å². The maximum Gasteiger partial charge on any atom is 0.214 e. The third-order valence-electron chi connectivity index (χ3n) is 3.82. The molecule has 2 aliphatic heterocycles. The van der Waals surface area contributed by atoms with Crippen LogP contribution >= 0.6 is 0 Å². The molecule has 0 amide bonds. The molecule has 0 saturated carbocycles. The highest BCUT2D eigenvalue weighted by atomic mass is 32.2. The van der Waals surface area contributed by atoms with Crippen LogP contribution in [-0.4, -0.2) is 44.2 Å². The number of nitrogens with zero attached hydrogens (tertiary/aromatic N) is 1. The van der Waals surface area contributed by atoms with Gasteiger partial charge in [-0.05, 0) is 44.7 Å². The van der Waals surface area contributed by atoms with Crippen molar-refractivity contribution < 1.29 is 8.42 Å². The van der Waals surface area contributed by atoms with Gasteiger partial charge in [-0.3, -0.25) is 0 Å². The molecule has 4 nitrogen and oxygen atoms in total. The molecule has 0 radical (unpaired) electrons. The second-order valence-electron chi connectivity index (χ2n) is 5.30. The smallest absolute Gasteiger partial charge is 0.214 e. The van der Waals surface area contributed by atoms with Gasteiger partial charge in [0.05, 0.1) is 5.75 Å². The topological polar surface area (TPSA) is 49.4 Å². The summed E-state index contributed by atoms with van der Waals surface area (Å²) in [5.41, 5.74) is 0. The SMILES string of the molecule is CC1CN(C(C)C2CCCNC2)S(=O)(=O)C1. The Kier molecular flexibility index (Phi) is 3.56. The molecule has 5 heteroatoms. The molecular formula is C11H22N2O2S. The second kappa shape index (κ2) is 4.63. The first-order valence-corrected chi connectivity index (χ1v) is 7.82. The normalized spacial score (nSPS) is 37.4. The minimum atomic E-state index is -2.98. The lowest BCUT2D eigenvalue weighted by Crippen LogP contribution is -2.45. The summed E-state index contributed by atoms with van der Waals surface area (Å²) in [6.45, 7) is 6.82. The van der Waals surface area contributed by atoms with Crippen molar-refractivity contribution in [2.24, 2.45) is 11.8 Å². The van der Waals surface area contributed by atoms with E-state index in [1.54, 1.807) is 4.31 Å². The van der Waals surface area contributed by atoms with E-state index in [0.29, 0.717) is 18.2 Å². The molecule has 0 spiro atoms. The summed E-state index contributed by atoms with van der Waals surface area (Å²) in [7, 11) is -2.98. The molecule has 3 atom stereocenters. The fourth-order valence-corrected chi connectivity index (χ4v) is 5.05. The molecule has 2 heterocycles. The molecule has 2 rings (SSSR count). The molecule has 94 valence electrons. The Hall–Kier alpha value is -0.130. The Morgan fingerprint density at radius 2 is 2.19 bits per heavy atom. The lowest BCUT2D eigenvalue weighted by molar-refractivity contribution is 0.218. The lowest BCUT2D eigenvalue weighted by Gasteiger charge is -2.33. The largest absolute Gasteiger partial charge is 0.316 e. The summed E-state index contributed by atoms with van der Waals surface area (Å²) in [6, 6.07) is 0.155. The lowest BCUT2D eigenvalue weighted by atomic mass is 9.92. The molecule has 0 aromatic carbocycles. The number of sulfonamides is 1. The van der Waals surface area contributed by atoms with Crippen LogP contribution in [0.4, 0.5) is 0 Å². The first-order chi connectivity index (χ1) is 7.50. The van der Waals surface area contributed by atoms with Crippen molar-refractivity contribution in [1.29, 1.82) is 0 Å². The first-order valence-electron chi connectivity index (χ1n) is 6.21. The van der Waals surface area contributed by atoms with Crippen molar-refractivity contribution >= 4 is 10.0 Å². The number of hydrogen-bond donors (Lipinski definition) is 1. The first kappa shape index (κ1) is 12.3. The molecule has 0 aromatic heterocycles. The Morgan fingerprint density at radius 1 is 1.44 bits per heavy atom. The van der Waals surface area contributed by atoms with Gasteiger partial charge in [0.15, 0.2) is 0 Å². The molecule has 2 aliphatic rings. The van der Waals surface area contributed by atoms with Crippen molar-refractivity contribution in [2.45, 2.75) is 32.7 Å². The van der Waals surface area contributed by atoms with Gasteiger partial charge in [-0.1, -0.05) is 6.92 Å². The van der Waals surface area contributed by atoms with Crippen LogP contribution in [0.1, 0.15) is 26.7 Å². The predicted octanol–water partition coefficient (Wildman–Crippen LogP) is 0.656. The summed E-state index contributed by atoms with van der Waals surface area (Å²) in [6.07, 6.45) is 2.31. The number of piperidine rings is 1. The van der Waals surface area contributed by atoms with Gasteiger partial charge in [0.1, 0.15) is 0 Å². The van der Waals surface area contributed by atoms with Gasteiger partial charge in [-0.15, -0.1) is 0 Å². The van der Waals surface area contributed by atoms with Crippen LogP contribution in [-0.2, 0) is 10.0 Å². The molecule has 0 aromatic rings. The zero-order chi connectivity index (χ0) is 11.8. The van der Waals surface area contributed by atoms with Gasteiger partial charge >= 0.3 is 0 Å². The Labute approximate surface area is 98.4 Å². The van der Waals surface area contributed by atoms with Crippen molar-refractivity contribution in [2.75, 3.05) is 25.4 Å².